The van der Waals surface area contributed by atoms with Gasteiger partial charge in [-0.2, -0.15) is 0 Å². The third-order valence-corrected chi connectivity index (χ3v) is 2.55. The summed E-state index contributed by atoms with van der Waals surface area (Å²) in [6.07, 6.45) is 3.01. The monoisotopic (exact) mass is 238 g/mol. The number of pyridine rings is 1. The van der Waals surface area contributed by atoms with E-state index in [1.54, 1.807) is 6.20 Å². The summed E-state index contributed by atoms with van der Waals surface area (Å²) in [5.74, 6) is -0.173. The highest BCUT2D eigenvalue weighted by atomic mass is 16.1. The van der Waals surface area contributed by atoms with E-state index < -0.39 is 0 Å². The van der Waals surface area contributed by atoms with Crippen LogP contribution < -0.4 is 5.32 Å². The molecule has 18 heavy (non-hydrogen) atoms. The summed E-state index contributed by atoms with van der Waals surface area (Å²) in [7, 11) is 0. The molecule has 0 bridgehead atoms. The lowest BCUT2D eigenvalue weighted by molar-refractivity contribution is -0.116. The van der Waals surface area contributed by atoms with Crippen molar-refractivity contribution in [2.75, 3.05) is 0 Å². The normalized spacial score (nSPS) is 9.78. The van der Waals surface area contributed by atoms with Crippen LogP contribution in [0.4, 0.5) is 0 Å². The van der Waals surface area contributed by atoms with Gasteiger partial charge in [0.25, 0.3) is 0 Å². The van der Waals surface area contributed by atoms with Gasteiger partial charge in [-0.25, -0.2) is 0 Å². The molecule has 0 unspecified atom stereocenters. The molecular formula is C15H14N2O. The molecule has 0 atom stereocenters. The Balaban J connectivity index is 2.15. The van der Waals surface area contributed by atoms with Crippen molar-refractivity contribution in [2.45, 2.75) is 6.54 Å². The van der Waals surface area contributed by atoms with E-state index in [4.69, 9.17) is 0 Å². The molecule has 1 N–H and O–H groups in total. The lowest BCUT2D eigenvalue weighted by Crippen LogP contribution is -2.19. The molecule has 0 saturated carbocycles. The van der Waals surface area contributed by atoms with E-state index in [1.165, 1.54) is 6.08 Å². The molecule has 0 aliphatic rings. The Morgan fingerprint density at radius 3 is 2.78 bits per heavy atom. The van der Waals surface area contributed by atoms with E-state index in [1.807, 2.05) is 42.5 Å². The highest BCUT2D eigenvalue weighted by molar-refractivity contribution is 5.86. The molecule has 3 nitrogen and oxygen atoms in total. The molecule has 0 saturated heterocycles. The van der Waals surface area contributed by atoms with Crippen LogP contribution in [0.2, 0.25) is 0 Å². The van der Waals surface area contributed by atoms with Gasteiger partial charge in [0.15, 0.2) is 0 Å². The summed E-state index contributed by atoms with van der Waals surface area (Å²) in [4.78, 5) is 15.4. The van der Waals surface area contributed by atoms with Crippen LogP contribution in [0.5, 0.6) is 0 Å². The van der Waals surface area contributed by atoms with Crippen molar-refractivity contribution in [3.05, 3.63) is 66.9 Å². The highest BCUT2D eigenvalue weighted by Gasteiger charge is 2.01. The quantitative estimate of drug-likeness (QED) is 0.832. The lowest BCUT2D eigenvalue weighted by atomic mass is 10.1. The molecule has 1 amide bonds. The third-order valence-electron chi connectivity index (χ3n) is 2.55. The maximum absolute atomic E-state index is 11.1. The topological polar surface area (TPSA) is 42.0 Å². The zero-order valence-corrected chi connectivity index (χ0v) is 9.97. The van der Waals surface area contributed by atoms with Crippen LogP contribution in [0.15, 0.2) is 61.3 Å². The fourth-order valence-electron chi connectivity index (χ4n) is 1.61. The number of nitrogens with zero attached hydrogens (tertiary/aromatic N) is 1. The molecular weight excluding hydrogens is 224 g/mol. The van der Waals surface area contributed by atoms with E-state index in [-0.39, 0.29) is 5.91 Å². The number of aromatic nitrogens is 1. The summed E-state index contributed by atoms with van der Waals surface area (Å²) < 4.78 is 0. The summed E-state index contributed by atoms with van der Waals surface area (Å²) in [6.45, 7) is 3.89. The minimum atomic E-state index is -0.173. The van der Waals surface area contributed by atoms with Crippen LogP contribution in [0, 0.1) is 0 Å². The number of amides is 1. The standard InChI is InChI=1S/C15H14N2O/c1-2-15(18)17-11-12-8-9-16-14(10-12)13-6-4-3-5-7-13/h2-10H,1,11H2,(H,17,18). The first kappa shape index (κ1) is 12.0. The Kier molecular flexibility index (Phi) is 3.86. The van der Waals surface area contributed by atoms with Gasteiger partial charge in [0.1, 0.15) is 0 Å². The second-order valence-electron chi connectivity index (χ2n) is 3.84. The SMILES string of the molecule is C=CC(=O)NCc1ccnc(-c2ccccc2)c1. The van der Waals surface area contributed by atoms with Gasteiger partial charge in [-0.1, -0.05) is 36.9 Å². The van der Waals surface area contributed by atoms with E-state index in [9.17, 15) is 4.79 Å². The number of nitrogens with one attached hydrogen (secondary N) is 1. The Bertz CT molecular complexity index is 549. The molecule has 0 fully saturated rings. The molecule has 3 heteroatoms. The van der Waals surface area contributed by atoms with E-state index in [0.29, 0.717) is 6.54 Å². The molecule has 1 heterocycles. The van der Waals surface area contributed by atoms with Crippen molar-refractivity contribution >= 4 is 5.91 Å². The Labute approximate surface area is 106 Å². The molecule has 1 aromatic carbocycles. The number of benzene rings is 1. The zero-order chi connectivity index (χ0) is 12.8. The zero-order valence-electron chi connectivity index (χ0n) is 9.97. The van der Waals surface area contributed by atoms with Gasteiger partial charge in [0.2, 0.25) is 5.91 Å². The van der Waals surface area contributed by atoms with E-state index in [0.717, 1.165) is 16.8 Å². The fraction of sp³-hybridized carbons (Fsp3) is 0.0667. The molecule has 0 aliphatic heterocycles. The Morgan fingerprint density at radius 1 is 1.28 bits per heavy atom. The largest absolute Gasteiger partial charge is 0.348 e. The number of hydrogen-bond acceptors (Lipinski definition) is 2. The first-order chi connectivity index (χ1) is 8.79. The fourth-order valence-corrected chi connectivity index (χ4v) is 1.61. The molecule has 1 aromatic heterocycles. The highest BCUT2D eigenvalue weighted by Crippen LogP contribution is 2.16. The molecule has 90 valence electrons. The molecule has 0 radical (unpaired) electrons. The van der Waals surface area contributed by atoms with Crippen molar-refractivity contribution in [3.8, 4) is 11.3 Å². The third kappa shape index (κ3) is 3.04. The minimum Gasteiger partial charge on any atom is -0.348 e. The van der Waals surface area contributed by atoms with Crippen LogP contribution in [-0.4, -0.2) is 10.9 Å². The molecule has 0 spiro atoms. The van der Waals surface area contributed by atoms with Crippen molar-refractivity contribution in [1.29, 1.82) is 0 Å². The van der Waals surface area contributed by atoms with Crippen LogP contribution in [0.3, 0.4) is 0 Å². The summed E-state index contributed by atoms with van der Waals surface area (Å²) in [5, 5.41) is 2.74. The van der Waals surface area contributed by atoms with Crippen LogP contribution >= 0.6 is 0 Å². The van der Waals surface area contributed by atoms with Gasteiger partial charge in [-0.05, 0) is 23.8 Å². The second-order valence-corrected chi connectivity index (χ2v) is 3.84. The molecule has 0 aliphatic carbocycles. The average molecular weight is 238 g/mol. The van der Waals surface area contributed by atoms with Crippen molar-refractivity contribution in [2.24, 2.45) is 0 Å². The van der Waals surface area contributed by atoms with Crippen LogP contribution in [0.25, 0.3) is 11.3 Å². The number of rotatable bonds is 4. The van der Waals surface area contributed by atoms with Gasteiger partial charge in [0, 0.05) is 18.3 Å². The van der Waals surface area contributed by atoms with E-state index >= 15 is 0 Å². The summed E-state index contributed by atoms with van der Waals surface area (Å²) in [6, 6.07) is 13.8. The summed E-state index contributed by atoms with van der Waals surface area (Å²) >= 11 is 0. The van der Waals surface area contributed by atoms with Crippen molar-refractivity contribution < 1.29 is 4.79 Å². The smallest absolute Gasteiger partial charge is 0.243 e. The van der Waals surface area contributed by atoms with Gasteiger partial charge >= 0.3 is 0 Å². The van der Waals surface area contributed by atoms with Gasteiger partial charge in [-0.3, -0.25) is 9.78 Å². The average Bonchev–Trinajstić information content (AvgIpc) is 2.46. The van der Waals surface area contributed by atoms with Crippen LogP contribution in [0.1, 0.15) is 5.56 Å². The lowest BCUT2D eigenvalue weighted by Gasteiger charge is -2.05. The maximum atomic E-state index is 11.1. The molecule has 2 rings (SSSR count). The predicted molar refractivity (Wildman–Crippen MR) is 71.7 cm³/mol. The minimum absolute atomic E-state index is 0.173. The number of carbonyl (C=O) groups excluding carboxylic acids is 1. The van der Waals surface area contributed by atoms with Crippen molar-refractivity contribution in [1.82, 2.24) is 10.3 Å². The van der Waals surface area contributed by atoms with Gasteiger partial charge in [-0.15, -0.1) is 0 Å². The number of carbonyl (C=O) groups is 1. The first-order valence-corrected chi connectivity index (χ1v) is 5.70. The Morgan fingerprint density at radius 2 is 2.06 bits per heavy atom. The first-order valence-electron chi connectivity index (χ1n) is 5.70. The molecule has 2 aromatic rings. The number of hydrogen-bond donors (Lipinski definition) is 1. The summed E-state index contributed by atoms with van der Waals surface area (Å²) in [5.41, 5.74) is 2.98. The van der Waals surface area contributed by atoms with Crippen molar-refractivity contribution in [3.63, 3.8) is 0 Å². The Hall–Kier alpha value is -2.42. The maximum Gasteiger partial charge on any atom is 0.243 e. The van der Waals surface area contributed by atoms with Gasteiger partial charge < -0.3 is 5.32 Å². The van der Waals surface area contributed by atoms with E-state index in [2.05, 4.69) is 16.9 Å². The second kappa shape index (κ2) is 5.77. The van der Waals surface area contributed by atoms with Gasteiger partial charge in [0.05, 0.1) is 5.69 Å². The van der Waals surface area contributed by atoms with Crippen LogP contribution in [-0.2, 0) is 11.3 Å². The predicted octanol–water partition coefficient (Wildman–Crippen LogP) is 2.55.